The molecule has 1 N–H and O–H groups in total. The van der Waals surface area contributed by atoms with E-state index in [4.69, 9.17) is 0 Å². The molecule has 4 heteroatoms. The predicted molar refractivity (Wildman–Crippen MR) is 98.2 cm³/mol. The van der Waals surface area contributed by atoms with Gasteiger partial charge in [0.05, 0.1) is 4.90 Å². The van der Waals surface area contributed by atoms with Crippen molar-refractivity contribution in [1.82, 2.24) is 0 Å². The molecule has 4 rings (SSSR count). The van der Waals surface area contributed by atoms with Gasteiger partial charge in [0.1, 0.15) is 0 Å². The van der Waals surface area contributed by atoms with E-state index < -0.39 is 10.1 Å². The lowest BCUT2D eigenvalue weighted by Crippen LogP contribution is -1.97. The van der Waals surface area contributed by atoms with Crippen LogP contribution in [0.4, 0.5) is 0 Å². The summed E-state index contributed by atoms with van der Waals surface area (Å²) in [6.07, 6.45) is 0. The van der Waals surface area contributed by atoms with Crippen molar-refractivity contribution in [2.24, 2.45) is 0 Å². The van der Waals surface area contributed by atoms with Gasteiger partial charge in [-0.15, -0.1) is 0 Å². The number of benzene rings is 4. The smallest absolute Gasteiger partial charge is 0.282 e. The normalized spacial score (nSPS) is 12.3. The van der Waals surface area contributed by atoms with E-state index in [0.717, 1.165) is 16.2 Å². The van der Waals surface area contributed by atoms with E-state index in [1.54, 1.807) is 6.07 Å². The lowest BCUT2D eigenvalue weighted by atomic mass is 9.90. The zero-order chi connectivity index (χ0) is 17.1. The van der Waals surface area contributed by atoms with Gasteiger partial charge in [0.15, 0.2) is 0 Å². The Labute approximate surface area is 140 Å². The number of hydrogen-bond acceptors (Lipinski definition) is 2. The molecule has 0 fully saturated rings. The maximum atomic E-state index is 11.4. The molecule has 0 aliphatic heterocycles. The van der Waals surface area contributed by atoms with Crippen molar-refractivity contribution in [3.8, 4) is 0 Å². The highest BCUT2D eigenvalue weighted by Gasteiger charge is 2.14. The Balaban J connectivity index is 2.23. The highest BCUT2D eigenvalue weighted by molar-refractivity contribution is 7.85. The molecule has 0 saturated heterocycles. The fraction of sp³-hybridized carbons (Fsp3) is 0.100. The van der Waals surface area contributed by atoms with Crippen molar-refractivity contribution in [3.63, 3.8) is 0 Å². The molecule has 0 aliphatic carbocycles. The molecule has 0 amide bonds. The summed E-state index contributed by atoms with van der Waals surface area (Å²) in [7, 11) is -4.20. The number of aryl methyl sites for hydroxylation is 2. The van der Waals surface area contributed by atoms with Gasteiger partial charge in [0.2, 0.25) is 0 Å². The highest BCUT2D eigenvalue weighted by Crippen LogP contribution is 2.36. The van der Waals surface area contributed by atoms with Crippen LogP contribution in [0.1, 0.15) is 11.1 Å². The molecule has 4 aromatic carbocycles. The van der Waals surface area contributed by atoms with Crippen LogP contribution >= 0.6 is 0 Å². The fourth-order valence-corrected chi connectivity index (χ4v) is 4.12. The summed E-state index contributed by atoms with van der Waals surface area (Å²) in [5.74, 6) is 0. The minimum absolute atomic E-state index is 0.0792. The fourth-order valence-electron chi connectivity index (χ4n) is 3.60. The molecule has 24 heavy (non-hydrogen) atoms. The average Bonchev–Trinajstić information content (AvgIpc) is 2.57. The largest absolute Gasteiger partial charge is 0.294 e. The summed E-state index contributed by atoms with van der Waals surface area (Å²) in [4.78, 5) is -0.0792. The minimum atomic E-state index is -4.20. The summed E-state index contributed by atoms with van der Waals surface area (Å²) >= 11 is 0. The van der Waals surface area contributed by atoms with Crippen molar-refractivity contribution in [3.05, 3.63) is 65.7 Å². The Morgan fingerprint density at radius 1 is 0.750 bits per heavy atom. The van der Waals surface area contributed by atoms with Gasteiger partial charge in [-0.25, -0.2) is 0 Å². The SMILES string of the molecule is Cc1c2ccccc2c(C)c2c1ccc1cc(S(=O)(=O)O)ccc12. The molecular formula is C20H16O3S. The molecule has 0 aromatic heterocycles. The second kappa shape index (κ2) is 5.03. The van der Waals surface area contributed by atoms with Crippen molar-refractivity contribution in [2.75, 3.05) is 0 Å². The van der Waals surface area contributed by atoms with Gasteiger partial charge in [-0.3, -0.25) is 4.55 Å². The van der Waals surface area contributed by atoms with Crippen LogP contribution in [0.5, 0.6) is 0 Å². The van der Waals surface area contributed by atoms with Crippen LogP contribution in [0.3, 0.4) is 0 Å². The summed E-state index contributed by atoms with van der Waals surface area (Å²) in [6, 6.07) is 17.0. The van der Waals surface area contributed by atoms with E-state index in [0.29, 0.717) is 0 Å². The maximum absolute atomic E-state index is 11.4. The molecule has 0 bridgehead atoms. The third-order valence-corrected chi connectivity index (χ3v) is 5.65. The Bertz CT molecular complexity index is 1240. The van der Waals surface area contributed by atoms with Gasteiger partial charge in [-0.2, -0.15) is 8.42 Å². The van der Waals surface area contributed by atoms with Crippen LogP contribution in [-0.4, -0.2) is 13.0 Å². The van der Waals surface area contributed by atoms with Gasteiger partial charge in [-0.1, -0.05) is 42.5 Å². The number of fused-ring (bicyclic) bond motifs is 4. The van der Waals surface area contributed by atoms with E-state index in [-0.39, 0.29) is 4.90 Å². The monoisotopic (exact) mass is 336 g/mol. The van der Waals surface area contributed by atoms with E-state index in [1.807, 2.05) is 24.3 Å². The standard InChI is InChI=1S/C20H16O3S/c1-12-16-5-3-4-6-17(16)13(2)20-18(12)9-7-14-11-15(24(21,22)23)8-10-19(14)20/h3-11H,1-2H3,(H,21,22,23). The van der Waals surface area contributed by atoms with Gasteiger partial charge < -0.3 is 0 Å². The summed E-state index contributed by atoms with van der Waals surface area (Å²) in [5, 5.41) is 6.52. The maximum Gasteiger partial charge on any atom is 0.294 e. The molecule has 0 radical (unpaired) electrons. The van der Waals surface area contributed by atoms with Crippen LogP contribution in [0.25, 0.3) is 32.3 Å². The van der Waals surface area contributed by atoms with Gasteiger partial charge in [0, 0.05) is 0 Å². The van der Waals surface area contributed by atoms with Gasteiger partial charge >= 0.3 is 0 Å². The van der Waals surface area contributed by atoms with E-state index >= 15 is 0 Å². The number of rotatable bonds is 1. The lowest BCUT2D eigenvalue weighted by Gasteiger charge is -2.14. The van der Waals surface area contributed by atoms with Gasteiger partial charge in [-0.05, 0) is 69.4 Å². The van der Waals surface area contributed by atoms with Crippen LogP contribution < -0.4 is 0 Å². The first kappa shape index (κ1) is 15.1. The first-order chi connectivity index (χ1) is 11.4. The summed E-state index contributed by atoms with van der Waals surface area (Å²) < 4.78 is 32.1. The Morgan fingerprint density at radius 3 is 2.04 bits per heavy atom. The molecule has 0 atom stereocenters. The lowest BCUT2D eigenvalue weighted by molar-refractivity contribution is 0.483. The number of hydrogen-bond donors (Lipinski definition) is 1. The Kier molecular flexibility index (Phi) is 3.17. The predicted octanol–water partition coefficient (Wildman–Crippen LogP) is 5.01. The molecule has 0 spiro atoms. The topological polar surface area (TPSA) is 54.4 Å². The van der Waals surface area contributed by atoms with Crippen molar-refractivity contribution < 1.29 is 13.0 Å². The zero-order valence-electron chi connectivity index (χ0n) is 13.4. The summed E-state index contributed by atoms with van der Waals surface area (Å²) in [5.41, 5.74) is 2.39. The highest BCUT2D eigenvalue weighted by atomic mass is 32.2. The first-order valence-electron chi connectivity index (χ1n) is 7.70. The second-order valence-corrected chi connectivity index (χ2v) is 7.56. The summed E-state index contributed by atoms with van der Waals surface area (Å²) in [6.45, 7) is 4.21. The Hall–Kier alpha value is -2.43. The van der Waals surface area contributed by atoms with Crippen molar-refractivity contribution in [1.29, 1.82) is 0 Å². The third-order valence-electron chi connectivity index (χ3n) is 4.80. The van der Waals surface area contributed by atoms with E-state index in [9.17, 15) is 13.0 Å². The average molecular weight is 336 g/mol. The molecule has 0 unspecified atom stereocenters. The van der Waals surface area contributed by atoms with Crippen LogP contribution in [0.2, 0.25) is 0 Å². The van der Waals surface area contributed by atoms with Crippen LogP contribution in [-0.2, 0) is 10.1 Å². The van der Waals surface area contributed by atoms with E-state index in [1.165, 1.54) is 39.4 Å². The molecule has 0 saturated carbocycles. The second-order valence-electron chi connectivity index (χ2n) is 6.14. The quantitative estimate of drug-likeness (QED) is 0.302. The third kappa shape index (κ3) is 2.11. The molecule has 0 aliphatic rings. The molecule has 120 valence electrons. The zero-order valence-corrected chi connectivity index (χ0v) is 14.2. The minimum Gasteiger partial charge on any atom is -0.282 e. The molecule has 0 heterocycles. The first-order valence-corrected chi connectivity index (χ1v) is 9.14. The van der Waals surface area contributed by atoms with Crippen molar-refractivity contribution in [2.45, 2.75) is 18.7 Å². The molecule has 4 aromatic rings. The van der Waals surface area contributed by atoms with Gasteiger partial charge in [0.25, 0.3) is 10.1 Å². The van der Waals surface area contributed by atoms with E-state index in [2.05, 4.69) is 26.0 Å². The molecular weight excluding hydrogens is 320 g/mol. The van der Waals surface area contributed by atoms with Crippen molar-refractivity contribution >= 4 is 42.4 Å². The van der Waals surface area contributed by atoms with Crippen LogP contribution in [0.15, 0.2) is 59.5 Å². The molecule has 3 nitrogen and oxygen atoms in total. The Morgan fingerprint density at radius 2 is 1.38 bits per heavy atom. The van der Waals surface area contributed by atoms with Crippen LogP contribution in [0, 0.1) is 13.8 Å².